The highest BCUT2D eigenvalue weighted by atomic mass is 35.5. The Morgan fingerprint density at radius 2 is 2.25 bits per heavy atom. The van der Waals surface area contributed by atoms with Crippen LogP contribution in [0.3, 0.4) is 0 Å². The van der Waals surface area contributed by atoms with Crippen LogP contribution < -0.4 is 0 Å². The summed E-state index contributed by atoms with van der Waals surface area (Å²) in [7, 11) is 0. The third kappa shape index (κ3) is 4.80. The topological polar surface area (TPSA) is 46.5 Å². The molecule has 3 nitrogen and oxygen atoms in total. The summed E-state index contributed by atoms with van der Waals surface area (Å²) >= 11 is 11.0. The Labute approximate surface area is 81.6 Å². The molecule has 0 bridgehead atoms. The summed E-state index contributed by atoms with van der Waals surface area (Å²) in [5, 5.41) is 8.52. The fourth-order valence-corrected chi connectivity index (χ4v) is 0.813. The monoisotopic (exact) mass is 214 g/mol. The summed E-state index contributed by atoms with van der Waals surface area (Å²) in [6.45, 7) is 1.90. The predicted octanol–water partition coefficient (Wildman–Crippen LogP) is 1.92. The molecule has 5 heteroatoms. The Morgan fingerprint density at radius 3 is 2.67 bits per heavy atom. The lowest BCUT2D eigenvalue weighted by atomic mass is 10.2. The number of rotatable bonds is 6. The summed E-state index contributed by atoms with van der Waals surface area (Å²) in [6.07, 6.45) is 0.678. The van der Waals surface area contributed by atoms with Gasteiger partial charge in [0.05, 0.1) is 5.92 Å². The van der Waals surface area contributed by atoms with E-state index in [0.29, 0.717) is 18.9 Å². The molecule has 0 amide bonds. The van der Waals surface area contributed by atoms with Crippen molar-refractivity contribution in [3.8, 4) is 0 Å². The van der Waals surface area contributed by atoms with E-state index in [2.05, 4.69) is 0 Å². The number of aliphatic carboxylic acids is 1. The number of alkyl halides is 2. The molecule has 0 aliphatic carbocycles. The smallest absolute Gasteiger partial charge is 0.310 e. The molecule has 0 aliphatic heterocycles. The van der Waals surface area contributed by atoms with Crippen molar-refractivity contribution in [2.45, 2.75) is 18.9 Å². The Balaban J connectivity index is 3.56. The highest BCUT2D eigenvalue weighted by molar-refractivity contribution is 6.21. The fraction of sp³-hybridized carbons (Fsp3) is 0.857. The molecule has 2 unspecified atom stereocenters. The molecular formula is C7H12Cl2O3. The lowest BCUT2D eigenvalue weighted by Crippen LogP contribution is -2.23. The molecule has 1 N–H and O–H groups in total. The van der Waals surface area contributed by atoms with Gasteiger partial charge in [-0.2, -0.15) is 0 Å². The summed E-state index contributed by atoms with van der Waals surface area (Å²) in [5.41, 5.74) is -0.772. The van der Waals surface area contributed by atoms with E-state index >= 15 is 0 Å². The van der Waals surface area contributed by atoms with Gasteiger partial charge in [0.2, 0.25) is 0 Å². The van der Waals surface area contributed by atoms with Gasteiger partial charge in [0, 0.05) is 12.5 Å². The quantitative estimate of drug-likeness (QED) is 0.543. The lowest BCUT2D eigenvalue weighted by molar-refractivity contribution is -0.144. The van der Waals surface area contributed by atoms with Crippen molar-refractivity contribution in [3.63, 3.8) is 0 Å². The first-order valence-corrected chi connectivity index (χ1v) is 4.61. The molecule has 0 aliphatic rings. The second kappa shape index (κ2) is 6.52. The molecular weight excluding hydrogens is 203 g/mol. The molecule has 0 rings (SSSR count). The Kier molecular flexibility index (Phi) is 6.52. The summed E-state index contributed by atoms with van der Waals surface area (Å²) in [6, 6.07) is 0. The maximum atomic E-state index is 10.4. The van der Waals surface area contributed by atoms with Gasteiger partial charge in [-0.25, -0.2) is 0 Å². The molecule has 0 aromatic carbocycles. The number of carboxylic acids is 1. The van der Waals surface area contributed by atoms with Crippen LogP contribution in [0.4, 0.5) is 0 Å². The molecule has 2 atom stereocenters. The van der Waals surface area contributed by atoms with E-state index in [9.17, 15) is 4.79 Å². The number of hydrogen-bond donors (Lipinski definition) is 1. The number of hydrogen-bond acceptors (Lipinski definition) is 2. The number of halogens is 2. The molecule has 0 heterocycles. The minimum atomic E-state index is -0.958. The van der Waals surface area contributed by atoms with Gasteiger partial charge in [-0.1, -0.05) is 11.6 Å². The van der Waals surface area contributed by atoms with E-state index in [1.54, 1.807) is 0 Å². The van der Waals surface area contributed by atoms with Crippen molar-refractivity contribution in [1.82, 2.24) is 0 Å². The van der Waals surface area contributed by atoms with Crippen LogP contribution in [0.2, 0.25) is 0 Å². The minimum Gasteiger partial charge on any atom is -0.481 e. The zero-order valence-electron chi connectivity index (χ0n) is 6.80. The fourth-order valence-electron chi connectivity index (χ4n) is 0.507. The predicted molar refractivity (Wildman–Crippen MR) is 47.7 cm³/mol. The van der Waals surface area contributed by atoms with Crippen LogP contribution >= 0.6 is 23.2 Å². The van der Waals surface area contributed by atoms with Gasteiger partial charge in [-0.05, 0) is 13.3 Å². The standard InChI is InChI=1S/C7H12Cl2O3/c1-5(7(10)11)6(9)12-4-2-3-8/h5-6H,2-4H2,1H3,(H,10,11). The number of carboxylic acid groups (broad SMARTS) is 1. The van der Waals surface area contributed by atoms with Gasteiger partial charge in [0.1, 0.15) is 5.56 Å². The normalized spacial score (nSPS) is 15.6. The van der Waals surface area contributed by atoms with Crippen LogP contribution in [0, 0.1) is 5.92 Å². The van der Waals surface area contributed by atoms with Gasteiger partial charge in [-0.3, -0.25) is 4.79 Å². The average Bonchev–Trinajstić information content (AvgIpc) is 2.03. The summed E-state index contributed by atoms with van der Waals surface area (Å²) < 4.78 is 5.01. The van der Waals surface area contributed by atoms with E-state index in [4.69, 9.17) is 33.0 Å². The van der Waals surface area contributed by atoms with Crippen molar-refractivity contribution < 1.29 is 14.6 Å². The molecule has 72 valence electrons. The molecule has 12 heavy (non-hydrogen) atoms. The van der Waals surface area contributed by atoms with Crippen molar-refractivity contribution in [3.05, 3.63) is 0 Å². The molecule has 0 fully saturated rings. The zero-order chi connectivity index (χ0) is 9.56. The van der Waals surface area contributed by atoms with Crippen LogP contribution in [-0.4, -0.2) is 29.1 Å². The molecule has 0 spiro atoms. The summed E-state index contributed by atoms with van der Waals surface area (Å²) in [5.74, 6) is -1.16. The Hall–Kier alpha value is 0.01000. The second-order valence-electron chi connectivity index (χ2n) is 2.39. The van der Waals surface area contributed by atoms with E-state index in [-0.39, 0.29) is 0 Å². The largest absolute Gasteiger partial charge is 0.481 e. The highest BCUT2D eigenvalue weighted by Crippen LogP contribution is 2.12. The first-order chi connectivity index (χ1) is 5.59. The first-order valence-electron chi connectivity index (χ1n) is 3.64. The number of carbonyl (C=O) groups is 1. The third-order valence-electron chi connectivity index (χ3n) is 1.34. The van der Waals surface area contributed by atoms with Gasteiger partial charge >= 0.3 is 5.97 Å². The maximum absolute atomic E-state index is 10.4. The second-order valence-corrected chi connectivity index (χ2v) is 3.20. The van der Waals surface area contributed by atoms with Crippen LogP contribution in [0.1, 0.15) is 13.3 Å². The van der Waals surface area contributed by atoms with E-state index < -0.39 is 17.5 Å². The van der Waals surface area contributed by atoms with Gasteiger partial charge in [0.15, 0.2) is 0 Å². The van der Waals surface area contributed by atoms with Crippen molar-refractivity contribution in [2.75, 3.05) is 12.5 Å². The molecule has 0 saturated heterocycles. The van der Waals surface area contributed by atoms with Crippen LogP contribution in [0.25, 0.3) is 0 Å². The van der Waals surface area contributed by atoms with Crippen molar-refractivity contribution >= 4 is 29.2 Å². The van der Waals surface area contributed by atoms with Crippen LogP contribution in [0.15, 0.2) is 0 Å². The van der Waals surface area contributed by atoms with Gasteiger partial charge in [0.25, 0.3) is 0 Å². The summed E-state index contributed by atoms with van der Waals surface area (Å²) in [4.78, 5) is 10.4. The average molecular weight is 215 g/mol. The van der Waals surface area contributed by atoms with E-state index in [1.165, 1.54) is 6.92 Å². The van der Waals surface area contributed by atoms with E-state index in [1.807, 2.05) is 0 Å². The van der Waals surface area contributed by atoms with Crippen LogP contribution in [-0.2, 0) is 9.53 Å². The van der Waals surface area contributed by atoms with Crippen molar-refractivity contribution in [2.24, 2.45) is 5.92 Å². The molecule has 0 radical (unpaired) electrons. The van der Waals surface area contributed by atoms with Gasteiger partial charge in [-0.15, -0.1) is 11.6 Å². The SMILES string of the molecule is CC(C(=O)O)C(Cl)OCCCCl. The highest BCUT2D eigenvalue weighted by Gasteiger charge is 2.21. The van der Waals surface area contributed by atoms with Gasteiger partial charge < -0.3 is 9.84 Å². The molecule has 0 aromatic heterocycles. The lowest BCUT2D eigenvalue weighted by Gasteiger charge is -2.13. The Bertz CT molecular complexity index is 141. The third-order valence-corrected chi connectivity index (χ3v) is 2.11. The van der Waals surface area contributed by atoms with Crippen LogP contribution in [0.5, 0.6) is 0 Å². The van der Waals surface area contributed by atoms with E-state index in [0.717, 1.165) is 0 Å². The molecule has 0 saturated carbocycles. The maximum Gasteiger partial charge on any atom is 0.310 e. The zero-order valence-corrected chi connectivity index (χ0v) is 8.31. The minimum absolute atomic E-state index is 0.398. The Morgan fingerprint density at radius 1 is 1.67 bits per heavy atom. The van der Waals surface area contributed by atoms with Crippen molar-refractivity contribution in [1.29, 1.82) is 0 Å². The number of ether oxygens (including phenoxy) is 1. The molecule has 0 aromatic rings. The first kappa shape index (κ1) is 12.0.